The van der Waals surface area contributed by atoms with E-state index in [4.69, 9.17) is 18.3 Å². The lowest BCUT2D eigenvalue weighted by molar-refractivity contribution is 0.0761. The lowest BCUT2D eigenvalue weighted by Gasteiger charge is -2.39. The van der Waals surface area contributed by atoms with Crippen molar-refractivity contribution in [1.82, 2.24) is 20.2 Å². The average Bonchev–Trinajstić information content (AvgIpc) is 3.65. The molecule has 2 aromatic heterocycles. The maximum Gasteiger partial charge on any atom is 0.420 e. The fourth-order valence-electron chi connectivity index (χ4n) is 8.51. The number of carbonyl (C=O) groups is 2. The zero-order chi connectivity index (χ0) is 49.4. The molecule has 0 radical (unpaired) electrons. The van der Waals surface area contributed by atoms with Gasteiger partial charge in [-0.25, -0.2) is 14.4 Å². The number of hydrogen-bond acceptors (Lipinski definition) is 10. The number of benzene rings is 5. The first-order valence-corrected chi connectivity index (χ1v) is 26.7. The lowest BCUT2D eigenvalue weighted by atomic mass is 9.93. The number of pyridine rings is 1. The van der Waals surface area contributed by atoms with E-state index in [0.29, 0.717) is 66.5 Å². The van der Waals surface area contributed by atoms with E-state index in [2.05, 4.69) is 54.8 Å². The van der Waals surface area contributed by atoms with Crippen LogP contribution in [0.1, 0.15) is 74.8 Å². The topological polar surface area (TPSA) is 186 Å². The van der Waals surface area contributed by atoms with Gasteiger partial charge in [0.25, 0.3) is 0 Å². The zero-order valence-corrected chi connectivity index (χ0v) is 41.3. The van der Waals surface area contributed by atoms with Crippen LogP contribution < -0.4 is 27.3 Å². The molecule has 70 heavy (non-hydrogen) atoms. The molecule has 1 aliphatic carbocycles. The molecule has 8 rings (SSSR count). The number of alkyl carbamates (subject to hydrolysis) is 1. The molecule has 5 N–H and O–H groups in total. The van der Waals surface area contributed by atoms with E-state index in [1.165, 1.54) is 6.07 Å². The Morgan fingerprint density at radius 2 is 1.61 bits per heavy atom. The fourth-order valence-corrected chi connectivity index (χ4v) is 9.78. The molecule has 364 valence electrons. The molecule has 7 aromatic rings. The molecule has 5 aromatic carbocycles. The Morgan fingerprint density at radius 1 is 0.871 bits per heavy atom. The number of ether oxygens (including phenoxy) is 2. The summed E-state index contributed by atoms with van der Waals surface area (Å²) in [7, 11) is -2.29. The third-order valence-corrected chi connectivity index (χ3v) is 17.8. The van der Waals surface area contributed by atoms with Crippen molar-refractivity contribution in [3.05, 3.63) is 171 Å². The third kappa shape index (κ3) is 12.1. The van der Waals surface area contributed by atoms with Crippen molar-refractivity contribution in [3.63, 3.8) is 0 Å². The Morgan fingerprint density at radius 3 is 2.36 bits per heavy atom. The minimum Gasteiger partial charge on any atom is -0.506 e. The molecule has 1 atom stereocenters. The summed E-state index contributed by atoms with van der Waals surface area (Å²) in [6.45, 7) is 12.3. The van der Waals surface area contributed by atoms with Crippen LogP contribution in [-0.4, -0.2) is 53.9 Å². The summed E-state index contributed by atoms with van der Waals surface area (Å²) in [5, 5.41) is 20.8. The molecule has 0 bridgehead atoms. The number of amides is 2. The van der Waals surface area contributed by atoms with E-state index in [0.717, 1.165) is 33.4 Å². The van der Waals surface area contributed by atoms with Gasteiger partial charge in [0.1, 0.15) is 18.5 Å². The first-order chi connectivity index (χ1) is 33.6. The second-order valence-corrected chi connectivity index (χ2v) is 24.1. The van der Waals surface area contributed by atoms with Crippen LogP contribution in [0.3, 0.4) is 0 Å². The van der Waals surface area contributed by atoms with E-state index in [-0.39, 0.29) is 41.6 Å². The van der Waals surface area contributed by atoms with Crippen LogP contribution in [0.5, 0.6) is 5.75 Å². The van der Waals surface area contributed by atoms with Crippen LogP contribution in [0.2, 0.25) is 18.1 Å². The van der Waals surface area contributed by atoms with E-state index < -0.39 is 32.4 Å². The number of allylic oxidation sites excluding steroid dienone is 1. The highest BCUT2D eigenvalue weighted by Crippen LogP contribution is 2.41. The Balaban J connectivity index is 0.916. The number of phenolic OH excluding ortho intramolecular Hbond substituents is 1. The largest absolute Gasteiger partial charge is 0.506 e. The van der Waals surface area contributed by atoms with Crippen molar-refractivity contribution in [3.8, 4) is 16.9 Å². The molecule has 0 aliphatic heterocycles. The number of phenols is 1. The number of oxazole rings is 1. The second kappa shape index (κ2) is 21.6. The monoisotopic (exact) mass is 963 g/mol. The average molecular weight is 964 g/mol. The summed E-state index contributed by atoms with van der Waals surface area (Å²) in [5.41, 5.74) is 7.00. The highest BCUT2D eigenvalue weighted by Gasteiger charge is 2.40. The van der Waals surface area contributed by atoms with Gasteiger partial charge in [-0.05, 0) is 102 Å². The summed E-state index contributed by atoms with van der Waals surface area (Å²) < 4.78 is 25.5. The van der Waals surface area contributed by atoms with Gasteiger partial charge < -0.3 is 39.0 Å². The maximum absolute atomic E-state index is 13.4. The van der Waals surface area contributed by atoms with Crippen molar-refractivity contribution in [2.24, 2.45) is 0 Å². The van der Waals surface area contributed by atoms with Crippen molar-refractivity contribution in [2.75, 3.05) is 11.9 Å². The van der Waals surface area contributed by atoms with Gasteiger partial charge in [-0.1, -0.05) is 118 Å². The van der Waals surface area contributed by atoms with Gasteiger partial charge in [-0.3, -0.25) is 14.7 Å². The van der Waals surface area contributed by atoms with Crippen molar-refractivity contribution in [1.29, 1.82) is 0 Å². The number of H-pyrrole nitrogens is 1. The molecule has 0 spiro atoms. The molecule has 1 fully saturated rings. The summed E-state index contributed by atoms with van der Waals surface area (Å²) in [4.78, 5) is 54.0. The number of hydrogen-bond donors (Lipinski definition) is 5. The number of aromatic amines is 1. The predicted molar refractivity (Wildman–Crippen MR) is 276 cm³/mol. The molecule has 14 nitrogen and oxygen atoms in total. The summed E-state index contributed by atoms with van der Waals surface area (Å²) in [5.74, 6) is -0.492. The number of nitrogens with one attached hydrogen (secondary N) is 4. The number of carbonyl (C=O) groups excluding carboxylic acids is 2. The second-order valence-electron chi connectivity index (χ2n) is 19.3. The molecule has 0 unspecified atom stereocenters. The number of anilines is 1. The molecule has 2 amide bonds. The number of nitrogens with zero attached hydrogens (tertiary/aromatic N) is 1. The van der Waals surface area contributed by atoms with Crippen LogP contribution in [0, 0.1) is 0 Å². The quantitative estimate of drug-likeness (QED) is 0.0584. The molecule has 1 saturated carbocycles. The van der Waals surface area contributed by atoms with Crippen LogP contribution in [-0.2, 0) is 33.6 Å². The minimum absolute atomic E-state index is 0.00771. The minimum atomic E-state index is -2.29. The van der Waals surface area contributed by atoms with E-state index in [1.807, 2.05) is 109 Å². The first kappa shape index (κ1) is 49.2. The summed E-state index contributed by atoms with van der Waals surface area (Å²) in [6.07, 6.45) is 4.55. The highest BCUT2D eigenvalue weighted by molar-refractivity contribution is 6.74. The Kier molecular flexibility index (Phi) is 15.2. The fraction of sp³-hybridized carbons (Fsp3) is 0.309. The highest BCUT2D eigenvalue weighted by atomic mass is 28.4. The Labute approximate surface area is 407 Å². The molecular weight excluding hydrogens is 903 g/mol. The van der Waals surface area contributed by atoms with Gasteiger partial charge >= 0.3 is 17.9 Å². The van der Waals surface area contributed by atoms with Crippen LogP contribution in [0.15, 0.2) is 141 Å². The predicted octanol–water partition coefficient (Wildman–Crippen LogP) is 11.2. The normalized spacial score (nSPS) is 15.8. The van der Waals surface area contributed by atoms with E-state index in [1.54, 1.807) is 22.8 Å². The van der Waals surface area contributed by atoms with Crippen molar-refractivity contribution < 1.29 is 33.0 Å². The number of aromatic hydroxyl groups is 1. The van der Waals surface area contributed by atoms with E-state index >= 15 is 0 Å². The standard InChI is InChI=1S/C55H61N5O9Si/c1-55(2,3)70(4,5)69-49(43-25-27-47(61)51-44(43)26-29-50(62)59-51)34-56-33-38-19-28-48-46(32-38)60(54(65)68-48)30-12-15-36-18-24-42(39-16-10-7-11-17-39)45(31-36)58-53(64)67-41-22-20-40(21-23-41)57-52(63)66-35-37-13-8-6-9-14-37/h6-19,24-29,31-32,40-41,49,56,61H,20-23,30,33-35H2,1-5H3,(H,57,63)(H,58,64)(H,59,62)/t40?,41?,49-/m0/s1. The number of aromatic nitrogens is 2. The Hall–Kier alpha value is -7.20. The van der Waals surface area contributed by atoms with Gasteiger partial charge in [-0.15, -0.1) is 0 Å². The van der Waals surface area contributed by atoms with Crippen molar-refractivity contribution in [2.45, 2.75) is 103 Å². The number of rotatable bonds is 16. The van der Waals surface area contributed by atoms with Gasteiger partial charge in [0, 0.05) is 42.7 Å². The van der Waals surface area contributed by atoms with Gasteiger partial charge in [0.2, 0.25) is 5.56 Å². The van der Waals surface area contributed by atoms with Gasteiger partial charge in [-0.2, -0.15) is 0 Å². The maximum atomic E-state index is 13.4. The number of fused-ring (bicyclic) bond motifs is 2. The molecular formula is C55H61N5O9Si. The van der Waals surface area contributed by atoms with Gasteiger partial charge in [0.05, 0.1) is 22.8 Å². The van der Waals surface area contributed by atoms with Crippen LogP contribution in [0.25, 0.3) is 39.2 Å². The molecule has 0 saturated heterocycles. The molecule has 1 aliphatic rings. The Bertz CT molecular complexity index is 3100. The third-order valence-electron chi connectivity index (χ3n) is 13.3. The first-order valence-electron chi connectivity index (χ1n) is 23.8. The van der Waals surface area contributed by atoms with Crippen LogP contribution >= 0.6 is 0 Å². The van der Waals surface area contributed by atoms with Gasteiger partial charge in [0.15, 0.2) is 13.9 Å². The molecule has 15 heteroatoms. The summed E-state index contributed by atoms with van der Waals surface area (Å²) in [6, 6.07) is 37.3. The van der Waals surface area contributed by atoms with Crippen molar-refractivity contribution >= 4 is 54.3 Å². The summed E-state index contributed by atoms with van der Waals surface area (Å²) >= 11 is 0. The zero-order valence-electron chi connectivity index (χ0n) is 40.3. The lowest BCUT2D eigenvalue weighted by Crippen LogP contribution is -2.43. The SMILES string of the molecule is CC(C)(C)[Si](C)(C)O[C@@H](CNCc1ccc2oc(=O)n(CC=Cc3ccc(-c4ccccc4)c(NC(=O)OC4CCC(NC(=O)OCc5ccccc5)CC4)c3)c2c1)c1ccc(O)c2[nH]c(=O)ccc12. The smallest absolute Gasteiger partial charge is 0.420 e. The van der Waals surface area contributed by atoms with Crippen LogP contribution in [0.4, 0.5) is 15.3 Å². The molecule has 2 heterocycles. The van der Waals surface area contributed by atoms with E-state index in [9.17, 15) is 24.3 Å².